The molecular formula is C21H22ClN3O4S. The van der Waals surface area contributed by atoms with Crippen LogP contribution in [0.1, 0.15) is 35.2 Å². The third-order valence-electron chi connectivity index (χ3n) is 4.65. The number of carbonyl (C=O) groups is 2. The summed E-state index contributed by atoms with van der Waals surface area (Å²) in [5.74, 6) is -1.14. The molecule has 7 nitrogen and oxygen atoms in total. The summed E-state index contributed by atoms with van der Waals surface area (Å²) < 4.78 is 27.0. The number of hydrogen-bond donors (Lipinski definition) is 2. The first-order valence-corrected chi connectivity index (χ1v) is 11.3. The number of sulfonamides is 1. The van der Waals surface area contributed by atoms with E-state index >= 15 is 0 Å². The van der Waals surface area contributed by atoms with Crippen LogP contribution in [0, 0.1) is 0 Å². The average molecular weight is 448 g/mol. The minimum Gasteiger partial charge on any atom is -0.268 e. The lowest BCUT2D eigenvalue weighted by atomic mass is 10.2. The fraction of sp³-hybridized carbons (Fsp3) is 0.238. The molecule has 0 aromatic heterocycles. The molecule has 0 bridgehead atoms. The van der Waals surface area contributed by atoms with Crippen molar-refractivity contribution in [1.82, 2.24) is 15.2 Å². The first kappa shape index (κ1) is 22.0. The van der Waals surface area contributed by atoms with Crippen LogP contribution in [0.5, 0.6) is 0 Å². The van der Waals surface area contributed by atoms with Gasteiger partial charge in [0.25, 0.3) is 11.8 Å². The number of benzene rings is 2. The van der Waals surface area contributed by atoms with E-state index in [0.717, 1.165) is 24.8 Å². The minimum absolute atomic E-state index is 0.0611. The third-order valence-corrected chi connectivity index (χ3v) is 6.79. The van der Waals surface area contributed by atoms with Gasteiger partial charge in [0.2, 0.25) is 10.0 Å². The Morgan fingerprint density at radius 2 is 1.67 bits per heavy atom. The number of hydrazine groups is 1. The van der Waals surface area contributed by atoms with E-state index in [-0.39, 0.29) is 10.5 Å². The zero-order valence-electron chi connectivity index (χ0n) is 16.2. The lowest BCUT2D eigenvalue weighted by molar-refractivity contribution is -0.117. The monoisotopic (exact) mass is 447 g/mol. The summed E-state index contributed by atoms with van der Waals surface area (Å²) in [7, 11) is -3.65. The first-order chi connectivity index (χ1) is 14.4. The van der Waals surface area contributed by atoms with Gasteiger partial charge in [0.05, 0.1) is 4.90 Å². The molecule has 2 aromatic carbocycles. The van der Waals surface area contributed by atoms with Gasteiger partial charge in [0.1, 0.15) is 0 Å². The largest absolute Gasteiger partial charge is 0.269 e. The molecule has 0 saturated carbocycles. The maximum absolute atomic E-state index is 12.8. The summed E-state index contributed by atoms with van der Waals surface area (Å²) in [6.07, 6.45) is 5.51. The molecule has 9 heteroatoms. The van der Waals surface area contributed by atoms with Crippen molar-refractivity contribution in [3.05, 3.63) is 70.8 Å². The Balaban J connectivity index is 1.61. The summed E-state index contributed by atoms with van der Waals surface area (Å²) >= 11 is 5.81. The summed E-state index contributed by atoms with van der Waals surface area (Å²) in [5.41, 5.74) is 5.46. The quantitative estimate of drug-likeness (QED) is 0.544. The van der Waals surface area contributed by atoms with Crippen LogP contribution < -0.4 is 10.9 Å². The van der Waals surface area contributed by atoms with Gasteiger partial charge in [-0.15, -0.1) is 0 Å². The van der Waals surface area contributed by atoms with Crippen molar-refractivity contribution in [3.8, 4) is 0 Å². The number of rotatable bonds is 5. The van der Waals surface area contributed by atoms with Crippen molar-refractivity contribution in [2.45, 2.75) is 24.2 Å². The second-order valence-corrected chi connectivity index (χ2v) is 9.20. The second-order valence-electron chi connectivity index (χ2n) is 6.82. The Bertz CT molecular complexity index is 1050. The van der Waals surface area contributed by atoms with Crippen LogP contribution in [0.15, 0.2) is 59.5 Å². The molecule has 2 N–H and O–H groups in total. The number of nitrogens with one attached hydrogen (secondary N) is 2. The number of piperidine rings is 1. The van der Waals surface area contributed by atoms with Gasteiger partial charge in [-0.1, -0.05) is 36.2 Å². The SMILES string of the molecule is O=C(/C=C/c1ccc(Cl)cc1)NNC(=O)c1cccc(S(=O)(=O)N2CCCCC2)c1. The maximum Gasteiger partial charge on any atom is 0.269 e. The highest BCUT2D eigenvalue weighted by Crippen LogP contribution is 2.21. The van der Waals surface area contributed by atoms with E-state index in [1.54, 1.807) is 30.3 Å². The van der Waals surface area contributed by atoms with E-state index in [9.17, 15) is 18.0 Å². The van der Waals surface area contributed by atoms with E-state index in [1.807, 2.05) is 0 Å². The van der Waals surface area contributed by atoms with Crippen LogP contribution in [-0.4, -0.2) is 37.6 Å². The molecular weight excluding hydrogens is 426 g/mol. The smallest absolute Gasteiger partial charge is 0.268 e. The van der Waals surface area contributed by atoms with Crippen molar-refractivity contribution in [1.29, 1.82) is 0 Å². The summed E-state index contributed by atoms with van der Waals surface area (Å²) in [4.78, 5) is 24.3. The molecule has 1 saturated heterocycles. The van der Waals surface area contributed by atoms with Gasteiger partial charge >= 0.3 is 0 Å². The van der Waals surface area contributed by atoms with E-state index in [2.05, 4.69) is 10.9 Å². The number of hydrogen-bond acceptors (Lipinski definition) is 4. The number of halogens is 1. The molecule has 0 unspecified atom stereocenters. The number of amides is 2. The molecule has 1 aliphatic heterocycles. The normalized spacial score (nSPS) is 15.1. The topological polar surface area (TPSA) is 95.6 Å². The van der Waals surface area contributed by atoms with Gasteiger partial charge in [0.15, 0.2) is 0 Å². The molecule has 30 heavy (non-hydrogen) atoms. The van der Waals surface area contributed by atoms with Gasteiger partial charge in [-0.25, -0.2) is 8.42 Å². The van der Waals surface area contributed by atoms with E-state index in [1.165, 1.54) is 34.6 Å². The van der Waals surface area contributed by atoms with Crippen LogP contribution in [-0.2, 0) is 14.8 Å². The zero-order chi connectivity index (χ0) is 21.6. The third kappa shape index (κ3) is 5.69. The summed E-state index contributed by atoms with van der Waals surface area (Å²) in [6.45, 7) is 0.962. The molecule has 0 radical (unpaired) electrons. The van der Waals surface area contributed by atoms with Crippen molar-refractivity contribution >= 4 is 39.5 Å². The van der Waals surface area contributed by atoms with Crippen LogP contribution in [0.2, 0.25) is 5.02 Å². The van der Waals surface area contributed by atoms with Gasteiger partial charge in [-0.3, -0.25) is 20.4 Å². The molecule has 2 aromatic rings. The van der Waals surface area contributed by atoms with Gasteiger partial charge in [-0.05, 0) is 54.8 Å². The van der Waals surface area contributed by atoms with E-state index in [4.69, 9.17) is 11.6 Å². The zero-order valence-corrected chi connectivity index (χ0v) is 17.7. The number of carbonyl (C=O) groups excluding carboxylic acids is 2. The minimum atomic E-state index is -3.65. The highest BCUT2D eigenvalue weighted by molar-refractivity contribution is 7.89. The Kier molecular flexibility index (Phi) is 7.25. The van der Waals surface area contributed by atoms with Crippen molar-refractivity contribution < 1.29 is 18.0 Å². The Hall–Kier alpha value is -2.68. The Labute approximate surface area is 180 Å². The summed E-state index contributed by atoms with van der Waals surface area (Å²) in [6, 6.07) is 12.7. The Morgan fingerprint density at radius 3 is 2.37 bits per heavy atom. The molecule has 158 valence electrons. The van der Waals surface area contributed by atoms with Crippen LogP contribution >= 0.6 is 11.6 Å². The molecule has 1 heterocycles. The van der Waals surface area contributed by atoms with Crippen LogP contribution in [0.4, 0.5) is 0 Å². The van der Waals surface area contributed by atoms with Gasteiger partial charge < -0.3 is 0 Å². The average Bonchev–Trinajstić information content (AvgIpc) is 2.77. The van der Waals surface area contributed by atoms with Gasteiger partial charge in [-0.2, -0.15) is 4.31 Å². The molecule has 0 spiro atoms. The molecule has 1 aliphatic rings. The fourth-order valence-electron chi connectivity index (χ4n) is 3.03. The maximum atomic E-state index is 12.8. The van der Waals surface area contributed by atoms with Crippen molar-refractivity contribution in [2.75, 3.05) is 13.1 Å². The molecule has 0 aliphatic carbocycles. The lowest BCUT2D eigenvalue weighted by Gasteiger charge is -2.26. The van der Waals surface area contributed by atoms with Crippen molar-refractivity contribution in [2.24, 2.45) is 0 Å². The second kappa shape index (κ2) is 9.88. The Morgan fingerprint density at radius 1 is 0.967 bits per heavy atom. The summed E-state index contributed by atoms with van der Waals surface area (Å²) in [5, 5.41) is 0.591. The van der Waals surface area contributed by atoms with Gasteiger partial charge in [0, 0.05) is 29.8 Å². The fourth-order valence-corrected chi connectivity index (χ4v) is 4.72. The molecule has 0 atom stereocenters. The van der Waals surface area contributed by atoms with Crippen LogP contribution in [0.3, 0.4) is 0 Å². The first-order valence-electron chi connectivity index (χ1n) is 9.50. The standard InChI is InChI=1S/C21H22ClN3O4S/c22-18-10-7-16(8-11-18)9-12-20(26)23-24-21(27)17-5-4-6-19(15-17)30(28,29)25-13-2-1-3-14-25/h4-12,15H,1-3,13-14H2,(H,23,26)(H,24,27)/b12-9+. The van der Waals surface area contributed by atoms with Crippen LogP contribution in [0.25, 0.3) is 6.08 Å². The highest BCUT2D eigenvalue weighted by atomic mass is 35.5. The van der Waals surface area contributed by atoms with E-state index in [0.29, 0.717) is 18.1 Å². The van der Waals surface area contributed by atoms with E-state index < -0.39 is 21.8 Å². The number of nitrogens with zero attached hydrogens (tertiary/aromatic N) is 1. The predicted molar refractivity (Wildman–Crippen MR) is 115 cm³/mol. The highest BCUT2D eigenvalue weighted by Gasteiger charge is 2.26. The predicted octanol–water partition coefficient (Wildman–Crippen LogP) is 2.99. The molecule has 1 fully saturated rings. The molecule has 2 amide bonds. The lowest BCUT2D eigenvalue weighted by Crippen LogP contribution is -2.41. The van der Waals surface area contributed by atoms with Crippen molar-refractivity contribution in [3.63, 3.8) is 0 Å². The molecule has 3 rings (SSSR count).